The maximum atomic E-state index is 15.1. The quantitative estimate of drug-likeness (QED) is 0.133. The molecule has 12 aromatic rings. The van der Waals surface area contributed by atoms with Crippen molar-refractivity contribution in [1.82, 2.24) is 0 Å². The molecule has 1 aliphatic rings. The zero-order valence-electron chi connectivity index (χ0n) is 41.3. The predicted molar refractivity (Wildman–Crippen MR) is 312 cm³/mol. The lowest BCUT2D eigenvalue weighted by atomic mass is 9.58. The molecule has 0 amide bonds. The third-order valence-electron chi connectivity index (χ3n) is 15.1. The number of fused-ring (bicyclic) bond motifs is 2. The Hall–Kier alpha value is -9.69. The SMILES string of the molecule is O=C1c2ccccc2C(c2cc(-c3cccc(-c4ccccc4)c3)cc(-c3cccc(-c4ccccc4)c3)c2)(c2cc(-c3cccc(-c4ccccc4)c3)cc(-c3cccc(-c4ccccc4)c3)c2)c2ccccc21. The zero-order chi connectivity index (χ0) is 50.1. The Morgan fingerprint density at radius 3 is 0.680 bits per heavy atom. The van der Waals surface area contributed by atoms with Gasteiger partial charge in [0.2, 0.25) is 0 Å². The van der Waals surface area contributed by atoms with Crippen LogP contribution in [0.3, 0.4) is 0 Å². The molecule has 0 fully saturated rings. The Morgan fingerprint density at radius 2 is 0.400 bits per heavy atom. The Kier molecular flexibility index (Phi) is 11.7. The van der Waals surface area contributed by atoms with Gasteiger partial charge in [-0.1, -0.05) is 243 Å². The molecule has 0 spiro atoms. The van der Waals surface area contributed by atoms with Gasteiger partial charge in [0.05, 0.1) is 5.41 Å². The van der Waals surface area contributed by atoms with E-state index in [0.29, 0.717) is 11.1 Å². The molecule has 352 valence electrons. The Labute approximate surface area is 439 Å². The molecule has 0 heterocycles. The van der Waals surface area contributed by atoms with Gasteiger partial charge in [0, 0.05) is 11.1 Å². The maximum Gasteiger partial charge on any atom is 0.193 e. The van der Waals surface area contributed by atoms with Crippen molar-refractivity contribution in [1.29, 1.82) is 0 Å². The van der Waals surface area contributed by atoms with E-state index >= 15 is 4.79 Å². The molecule has 0 atom stereocenters. The molecule has 75 heavy (non-hydrogen) atoms. The molecule has 0 bridgehead atoms. The van der Waals surface area contributed by atoms with Gasteiger partial charge in [0.25, 0.3) is 0 Å². The number of rotatable bonds is 10. The van der Waals surface area contributed by atoms with Crippen LogP contribution in [0, 0.1) is 0 Å². The van der Waals surface area contributed by atoms with Gasteiger partial charge in [0.15, 0.2) is 5.78 Å². The van der Waals surface area contributed by atoms with Gasteiger partial charge >= 0.3 is 0 Å². The minimum Gasteiger partial charge on any atom is -0.289 e. The van der Waals surface area contributed by atoms with Crippen molar-refractivity contribution < 1.29 is 4.79 Å². The van der Waals surface area contributed by atoms with Crippen molar-refractivity contribution in [3.8, 4) is 89.0 Å². The van der Waals surface area contributed by atoms with Crippen LogP contribution < -0.4 is 0 Å². The summed E-state index contributed by atoms with van der Waals surface area (Å²) in [7, 11) is 0. The predicted octanol–water partition coefficient (Wildman–Crippen LogP) is 18.9. The fourth-order valence-electron chi connectivity index (χ4n) is 11.5. The molecule has 0 radical (unpaired) electrons. The van der Waals surface area contributed by atoms with Gasteiger partial charge in [-0.15, -0.1) is 0 Å². The molecule has 0 saturated carbocycles. The van der Waals surface area contributed by atoms with Gasteiger partial charge in [-0.25, -0.2) is 0 Å². The summed E-state index contributed by atoms with van der Waals surface area (Å²) in [6, 6.07) is 109. The second kappa shape index (κ2) is 19.4. The van der Waals surface area contributed by atoms with Crippen molar-refractivity contribution in [2.75, 3.05) is 0 Å². The third kappa shape index (κ3) is 8.41. The van der Waals surface area contributed by atoms with Crippen LogP contribution in [0.1, 0.15) is 38.2 Å². The smallest absolute Gasteiger partial charge is 0.193 e. The summed E-state index contributed by atoms with van der Waals surface area (Å²) in [6.45, 7) is 0. The normalized spacial score (nSPS) is 12.4. The molecule has 0 N–H and O–H groups in total. The van der Waals surface area contributed by atoms with Crippen molar-refractivity contribution in [3.05, 3.63) is 337 Å². The van der Waals surface area contributed by atoms with Crippen LogP contribution in [0.15, 0.2) is 303 Å². The van der Waals surface area contributed by atoms with Crippen molar-refractivity contribution in [2.24, 2.45) is 0 Å². The first-order valence-corrected chi connectivity index (χ1v) is 25.8. The van der Waals surface area contributed by atoms with Gasteiger partial charge in [-0.3, -0.25) is 4.79 Å². The number of ketones is 1. The van der Waals surface area contributed by atoms with E-state index in [4.69, 9.17) is 0 Å². The number of benzene rings is 12. The highest BCUT2D eigenvalue weighted by Crippen LogP contribution is 2.54. The minimum atomic E-state index is -0.987. The highest BCUT2D eigenvalue weighted by molar-refractivity contribution is 6.14. The van der Waals surface area contributed by atoms with Gasteiger partial charge in [-0.2, -0.15) is 0 Å². The van der Waals surface area contributed by atoms with Crippen LogP contribution in [0.2, 0.25) is 0 Å². The highest BCUT2D eigenvalue weighted by atomic mass is 16.1. The van der Waals surface area contributed by atoms with E-state index in [0.717, 1.165) is 111 Å². The van der Waals surface area contributed by atoms with Crippen molar-refractivity contribution >= 4 is 5.78 Å². The van der Waals surface area contributed by atoms with E-state index in [2.05, 4.69) is 279 Å². The number of hydrogen-bond donors (Lipinski definition) is 0. The molecule has 1 heteroatoms. The van der Waals surface area contributed by atoms with Crippen LogP contribution in [0.5, 0.6) is 0 Å². The molecule has 0 unspecified atom stereocenters. The Balaban J connectivity index is 1.14. The summed E-state index contributed by atoms with van der Waals surface area (Å²) in [5, 5.41) is 0. The highest BCUT2D eigenvalue weighted by Gasteiger charge is 2.47. The number of carbonyl (C=O) groups is 1. The van der Waals surface area contributed by atoms with Gasteiger partial charge in [-0.05, 0) is 172 Å². The minimum absolute atomic E-state index is 0.0295. The lowest BCUT2D eigenvalue weighted by Gasteiger charge is -2.42. The molecule has 0 saturated heterocycles. The fourth-order valence-corrected chi connectivity index (χ4v) is 11.5. The van der Waals surface area contributed by atoms with E-state index < -0.39 is 5.41 Å². The van der Waals surface area contributed by atoms with Crippen LogP contribution in [-0.4, -0.2) is 5.78 Å². The summed E-state index contributed by atoms with van der Waals surface area (Å²) in [6.07, 6.45) is 0. The number of hydrogen-bond acceptors (Lipinski definition) is 1. The Bertz CT molecular complexity index is 3590. The number of carbonyl (C=O) groups excluding carboxylic acids is 1. The zero-order valence-corrected chi connectivity index (χ0v) is 41.3. The molecule has 12 aromatic carbocycles. The van der Waals surface area contributed by atoms with Crippen molar-refractivity contribution in [2.45, 2.75) is 5.41 Å². The molecule has 1 nitrogen and oxygen atoms in total. The molecule has 0 aromatic heterocycles. The largest absolute Gasteiger partial charge is 0.289 e. The Morgan fingerprint density at radius 1 is 0.187 bits per heavy atom. The van der Waals surface area contributed by atoms with E-state index in [1.807, 2.05) is 24.3 Å². The van der Waals surface area contributed by atoms with Crippen LogP contribution in [-0.2, 0) is 5.41 Å². The monoisotopic (exact) mass is 954 g/mol. The van der Waals surface area contributed by atoms with Gasteiger partial charge in [0.1, 0.15) is 0 Å². The third-order valence-corrected chi connectivity index (χ3v) is 15.1. The molecule has 1 aliphatic carbocycles. The van der Waals surface area contributed by atoms with Crippen LogP contribution in [0.25, 0.3) is 89.0 Å². The average Bonchev–Trinajstić information content (AvgIpc) is 3.51. The molecular formula is C74H50O. The standard InChI is InChI=1S/C74H50O/c75-73-69-37-13-15-39-71(69)74(72-40-16-14-38-70(72)73,67-47-63(59-33-17-29-55(41-59)51-21-5-1-6-22-51)45-64(48-67)60-34-18-30-56(42-60)52-23-7-2-8-24-52)68-49-65(61-35-19-31-57(43-61)53-25-9-3-10-26-53)46-66(50-68)62-36-20-32-58(44-62)54-27-11-4-12-28-54/h1-50H. The molecule has 0 aliphatic heterocycles. The first-order chi connectivity index (χ1) is 37.1. The van der Waals surface area contributed by atoms with Crippen molar-refractivity contribution in [3.63, 3.8) is 0 Å². The second-order valence-electron chi connectivity index (χ2n) is 19.6. The summed E-state index contributed by atoms with van der Waals surface area (Å²) >= 11 is 0. The molecular weight excluding hydrogens is 905 g/mol. The summed E-state index contributed by atoms with van der Waals surface area (Å²) in [5.41, 5.74) is 22.4. The first kappa shape index (κ1) is 45.2. The second-order valence-corrected chi connectivity index (χ2v) is 19.6. The lowest BCUT2D eigenvalue weighted by Crippen LogP contribution is -2.38. The van der Waals surface area contributed by atoms with E-state index in [-0.39, 0.29) is 5.78 Å². The lowest BCUT2D eigenvalue weighted by molar-refractivity contribution is 0.103. The van der Waals surface area contributed by atoms with E-state index in [1.54, 1.807) is 0 Å². The topological polar surface area (TPSA) is 17.1 Å². The maximum absolute atomic E-state index is 15.1. The first-order valence-electron chi connectivity index (χ1n) is 25.8. The fraction of sp³-hybridized carbons (Fsp3) is 0.0135. The van der Waals surface area contributed by atoms with Gasteiger partial charge < -0.3 is 0 Å². The van der Waals surface area contributed by atoms with E-state index in [9.17, 15) is 0 Å². The van der Waals surface area contributed by atoms with Crippen LogP contribution in [0.4, 0.5) is 0 Å². The summed E-state index contributed by atoms with van der Waals surface area (Å²) < 4.78 is 0. The van der Waals surface area contributed by atoms with Crippen LogP contribution >= 0.6 is 0 Å². The van der Waals surface area contributed by atoms with E-state index in [1.165, 1.54) is 0 Å². The summed E-state index contributed by atoms with van der Waals surface area (Å²) in [5.74, 6) is 0.0295. The average molecular weight is 955 g/mol. The molecule has 13 rings (SSSR count). The summed E-state index contributed by atoms with van der Waals surface area (Å²) in [4.78, 5) is 15.1.